The average molecular weight is 354 g/mol. The number of hydrazine groups is 1. The van der Waals surface area contributed by atoms with Crippen LogP contribution < -0.4 is 16.2 Å². The van der Waals surface area contributed by atoms with Gasteiger partial charge >= 0.3 is 12.0 Å². The maximum Gasteiger partial charge on any atom is 0.326 e. The maximum atomic E-state index is 12.7. The molecule has 0 aromatic rings. The van der Waals surface area contributed by atoms with E-state index in [1.165, 1.54) is 6.92 Å². The standard InChI is InChI=1S/C15H22N4O6/c1-9-5-3-4-6-15(9)13(23)19(14(24)16-15)7-12(22)25-8-11(21)18-17-10(2)20/h9H,3-8H2,1-2H3,(H,16,24)(H,17,20)(H,18,21)/t9-,15+/m0/s1. The molecule has 0 aromatic heterocycles. The van der Waals surface area contributed by atoms with Crippen LogP contribution in [-0.2, 0) is 23.9 Å². The van der Waals surface area contributed by atoms with Crippen molar-refractivity contribution in [1.29, 1.82) is 0 Å². The molecule has 2 aliphatic rings. The Kier molecular flexibility index (Phi) is 5.60. The minimum atomic E-state index is -0.946. The molecule has 2 fully saturated rings. The zero-order valence-corrected chi connectivity index (χ0v) is 14.2. The van der Waals surface area contributed by atoms with Crippen LogP contribution in [0, 0.1) is 5.92 Å². The summed E-state index contributed by atoms with van der Waals surface area (Å²) in [7, 11) is 0. The molecule has 1 saturated heterocycles. The van der Waals surface area contributed by atoms with Gasteiger partial charge in [-0.15, -0.1) is 0 Å². The predicted molar refractivity (Wildman–Crippen MR) is 83.5 cm³/mol. The number of carbonyl (C=O) groups excluding carboxylic acids is 5. The topological polar surface area (TPSA) is 134 Å². The first kappa shape index (κ1) is 18.7. The molecule has 1 aliphatic carbocycles. The normalized spacial score (nSPS) is 25.5. The second-order valence-electron chi connectivity index (χ2n) is 6.33. The van der Waals surface area contributed by atoms with Gasteiger partial charge in [-0.1, -0.05) is 19.8 Å². The lowest BCUT2D eigenvalue weighted by Crippen LogP contribution is -2.54. The quantitative estimate of drug-likeness (QED) is 0.344. The number of nitrogens with zero attached hydrogens (tertiary/aromatic N) is 1. The third-order valence-electron chi connectivity index (χ3n) is 4.53. The molecule has 3 N–H and O–H groups in total. The van der Waals surface area contributed by atoms with Crippen molar-refractivity contribution in [3.63, 3.8) is 0 Å². The Hall–Kier alpha value is -2.65. The van der Waals surface area contributed by atoms with Gasteiger partial charge in [-0.25, -0.2) is 4.79 Å². The summed E-state index contributed by atoms with van der Waals surface area (Å²) in [5, 5.41) is 2.72. The van der Waals surface area contributed by atoms with Crippen molar-refractivity contribution in [2.24, 2.45) is 5.92 Å². The summed E-state index contributed by atoms with van der Waals surface area (Å²) in [6.07, 6.45) is 3.20. The molecule has 1 saturated carbocycles. The lowest BCUT2D eigenvalue weighted by atomic mass is 9.73. The molecule has 25 heavy (non-hydrogen) atoms. The Bertz CT molecular complexity index is 607. The highest BCUT2D eigenvalue weighted by Crippen LogP contribution is 2.38. The number of carbonyl (C=O) groups is 5. The molecule has 5 amide bonds. The number of rotatable bonds is 4. The molecule has 10 heteroatoms. The van der Waals surface area contributed by atoms with E-state index in [1.54, 1.807) is 0 Å². The van der Waals surface area contributed by atoms with Crippen LogP contribution in [-0.4, -0.2) is 53.3 Å². The van der Waals surface area contributed by atoms with E-state index in [0.29, 0.717) is 6.42 Å². The van der Waals surface area contributed by atoms with Gasteiger partial charge in [-0.2, -0.15) is 0 Å². The molecule has 2 rings (SSSR count). The molecule has 138 valence electrons. The van der Waals surface area contributed by atoms with Gasteiger partial charge in [0, 0.05) is 6.92 Å². The van der Waals surface area contributed by atoms with Crippen LogP contribution in [0.4, 0.5) is 4.79 Å². The zero-order valence-electron chi connectivity index (χ0n) is 14.2. The highest BCUT2D eigenvalue weighted by atomic mass is 16.5. The summed E-state index contributed by atoms with van der Waals surface area (Å²) in [6.45, 7) is 1.91. The molecular weight excluding hydrogens is 332 g/mol. The van der Waals surface area contributed by atoms with Crippen molar-refractivity contribution in [2.45, 2.75) is 45.1 Å². The fourth-order valence-corrected chi connectivity index (χ4v) is 3.15. The number of amides is 5. The van der Waals surface area contributed by atoms with Crippen LogP contribution in [0.15, 0.2) is 0 Å². The Morgan fingerprint density at radius 1 is 1.28 bits per heavy atom. The van der Waals surface area contributed by atoms with Crippen LogP contribution in [0.2, 0.25) is 0 Å². The van der Waals surface area contributed by atoms with E-state index in [0.717, 1.165) is 24.2 Å². The predicted octanol–water partition coefficient (Wildman–Crippen LogP) is -0.802. The molecule has 0 unspecified atom stereocenters. The van der Waals surface area contributed by atoms with Gasteiger partial charge in [0.15, 0.2) is 6.61 Å². The highest BCUT2D eigenvalue weighted by molar-refractivity contribution is 6.09. The van der Waals surface area contributed by atoms with E-state index in [1.807, 2.05) is 17.8 Å². The fourth-order valence-electron chi connectivity index (χ4n) is 3.15. The van der Waals surface area contributed by atoms with Gasteiger partial charge in [0.2, 0.25) is 5.91 Å². The van der Waals surface area contributed by atoms with Crippen LogP contribution in [0.5, 0.6) is 0 Å². The van der Waals surface area contributed by atoms with Crippen molar-refractivity contribution < 1.29 is 28.7 Å². The number of ether oxygens (including phenoxy) is 1. The van der Waals surface area contributed by atoms with Crippen molar-refractivity contribution >= 4 is 29.7 Å². The zero-order chi connectivity index (χ0) is 18.6. The minimum Gasteiger partial charge on any atom is -0.454 e. The Labute approximate surface area is 144 Å². The van der Waals surface area contributed by atoms with Gasteiger partial charge in [0.05, 0.1) is 0 Å². The number of urea groups is 1. The van der Waals surface area contributed by atoms with Crippen molar-refractivity contribution in [2.75, 3.05) is 13.2 Å². The first-order chi connectivity index (χ1) is 11.8. The number of nitrogens with one attached hydrogen (secondary N) is 3. The lowest BCUT2D eigenvalue weighted by molar-refractivity contribution is -0.151. The van der Waals surface area contributed by atoms with Crippen molar-refractivity contribution in [1.82, 2.24) is 21.1 Å². The number of imide groups is 1. The second-order valence-corrected chi connectivity index (χ2v) is 6.33. The maximum absolute atomic E-state index is 12.7. The van der Waals surface area contributed by atoms with Gasteiger partial charge in [0.1, 0.15) is 12.1 Å². The molecule has 0 aromatic carbocycles. The fraction of sp³-hybridized carbons (Fsp3) is 0.667. The van der Waals surface area contributed by atoms with Crippen LogP contribution in [0.3, 0.4) is 0 Å². The first-order valence-corrected chi connectivity index (χ1v) is 8.11. The van der Waals surface area contributed by atoms with Gasteiger partial charge in [0.25, 0.3) is 11.8 Å². The van der Waals surface area contributed by atoms with Gasteiger partial charge in [-0.3, -0.25) is 34.9 Å². The molecule has 0 bridgehead atoms. The average Bonchev–Trinajstić information content (AvgIpc) is 2.79. The van der Waals surface area contributed by atoms with E-state index in [9.17, 15) is 24.0 Å². The van der Waals surface area contributed by atoms with Crippen LogP contribution >= 0.6 is 0 Å². The summed E-state index contributed by atoms with van der Waals surface area (Å²) in [6, 6.07) is -0.626. The summed E-state index contributed by atoms with van der Waals surface area (Å²) in [5.74, 6) is -2.54. The third-order valence-corrected chi connectivity index (χ3v) is 4.53. The third kappa shape index (κ3) is 4.06. The van der Waals surface area contributed by atoms with E-state index in [2.05, 4.69) is 5.32 Å². The number of esters is 1. The van der Waals surface area contributed by atoms with Crippen LogP contribution in [0.1, 0.15) is 39.5 Å². The monoisotopic (exact) mass is 354 g/mol. The van der Waals surface area contributed by atoms with E-state index in [4.69, 9.17) is 4.74 Å². The summed E-state index contributed by atoms with van der Waals surface area (Å²) >= 11 is 0. The molecule has 0 radical (unpaired) electrons. The minimum absolute atomic E-state index is 0.0119. The second kappa shape index (κ2) is 7.49. The van der Waals surface area contributed by atoms with E-state index in [-0.39, 0.29) is 5.92 Å². The van der Waals surface area contributed by atoms with Crippen LogP contribution in [0.25, 0.3) is 0 Å². The van der Waals surface area contributed by atoms with E-state index < -0.39 is 48.4 Å². The molecule has 1 spiro atoms. The highest BCUT2D eigenvalue weighted by Gasteiger charge is 2.55. The van der Waals surface area contributed by atoms with Crippen molar-refractivity contribution in [3.05, 3.63) is 0 Å². The van der Waals surface area contributed by atoms with Gasteiger partial charge < -0.3 is 10.1 Å². The van der Waals surface area contributed by atoms with E-state index >= 15 is 0 Å². The lowest BCUT2D eigenvalue weighted by Gasteiger charge is -2.36. The van der Waals surface area contributed by atoms with Gasteiger partial charge in [-0.05, 0) is 18.8 Å². The smallest absolute Gasteiger partial charge is 0.326 e. The number of hydrogen-bond donors (Lipinski definition) is 3. The molecule has 10 nitrogen and oxygen atoms in total. The summed E-state index contributed by atoms with van der Waals surface area (Å²) < 4.78 is 4.72. The Balaban J connectivity index is 1.88. The molecule has 1 aliphatic heterocycles. The molecule has 2 atom stereocenters. The number of hydrogen-bond acceptors (Lipinski definition) is 6. The molecular formula is C15H22N4O6. The molecule has 1 heterocycles. The first-order valence-electron chi connectivity index (χ1n) is 8.11. The van der Waals surface area contributed by atoms with Crippen molar-refractivity contribution in [3.8, 4) is 0 Å². The summed E-state index contributed by atoms with van der Waals surface area (Å²) in [5.41, 5.74) is 3.12. The SMILES string of the molecule is CC(=O)NNC(=O)COC(=O)CN1C(=O)N[C@@]2(CCCC[C@@H]2C)C1=O. The Morgan fingerprint density at radius 3 is 2.64 bits per heavy atom. The largest absolute Gasteiger partial charge is 0.454 e. The Morgan fingerprint density at radius 2 is 2.00 bits per heavy atom. The summed E-state index contributed by atoms with van der Waals surface area (Å²) in [4.78, 5) is 59.4.